The molecule has 0 bridgehead atoms. The Morgan fingerprint density at radius 1 is 0.846 bits per heavy atom. The number of aromatic nitrogens is 4. The molecule has 128 valence electrons. The number of pyridine rings is 2. The molecule has 0 saturated heterocycles. The zero-order valence-electron chi connectivity index (χ0n) is 13.8. The summed E-state index contributed by atoms with van der Waals surface area (Å²) in [6.45, 7) is 0. The van der Waals surface area contributed by atoms with Crippen molar-refractivity contribution in [1.82, 2.24) is 18.8 Å². The van der Waals surface area contributed by atoms with E-state index in [4.69, 9.17) is 4.74 Å². The highest BCUT2D eigenvalue weighted by atomic mass is 16.5. The summed E-state index contributed by atoms with van der Waals surface area (Å²) < 4.78 is 9.49. The second kappa shape index (κ2) is 6.98. The molecule has 0 aliphatic carbocycles. The average Bonchev–Trinajstić information content (AvgIpc) is 3.31. The van der Waals surface area contributed by atoms with Gasteiger partial charge in [0.05, 0.1) is 0 Å². The number of hydrogen-bond acceptors (Lipinski definition) is 3. The minimum absolute atomic E-state index is 0.0300. The highest BCUT2D eigenvalue weighted by Crippen LogP contribution is 2.21. The van der Waals surface area contributed by atoms with Crippen molar-refractivity contribution in [2.75, 3.05) is 0 Å². The number of para-hydroxylation sites is 1. The molecule has 0 amide bonds. The van der Waals surface area contributed by atoms with Crippen molar-refractivity contribution in [1.29, 1.82) is 0 Å². The van der Waals surface area contributed by atoms with E-state index >= 15 is 0 Å². The van der Waals surface area contributed by atoms with E-state index in [9.17, 15) is 4.79 Å². The van der Waals surface area contributed by atoms with Crippen LogP contribution in [0.15, 0.2) is 96.6 Å². The molecule has 0 aliphatic rings. The van der Waals surface area contributed by atoms with Gasteiger partial charge in [-0.1, -0.05) is 18.2 Å². The third kappa shape index (κ3) is 3.49. The summed E-state index contributed by atoms with van der Waals surface area (Å²) in [7, 11) is 0. The van der Waals surface area contributed by atoms with Crippen molar-refractivity contribution in [2.24, 2.45) is 0 Å². The van der Waals surface area contributed by atoms with Crippen LogP contribution in [0.4, 0.5) is 0 Å². The van der Waals surface area contributed by atoms with Crippen LogP contribution in [-0.4, -0.2) is 18.8 Å². The summed E-state index contributed by atoms with van der Waals surface area (Å²) in [5, 5.41) is 0. The number of ether oxygens (including phenoxy) is 1. The Hall–Kier alpha value is -3.80. The van der Waals surface area contributed by atoms with Gasteiger partial charge in [0, 0.05) is 55.4 Å². The van der Waals surface area contributed by atoms with Gasteiger partial charge in [0.2, 0.25) is 0 Å². The van der Waals surface area contributed by atoms with Crippen LogP contribution in [-0.2, 0) is 0 Å². The van der Waals surface area contributed by atoms with Crippen LogP contribution in [0.2, 0.25) is 0 Å². The Balaban J connectivity index is 0.000000144. The van der Waals surface area contributed by atoms with Crippen molar-refractivity contribution >= 4 is 11.3 Å². The van der Waals surface area contributed by atoms with E-state index < -0.39 is 0 Å². The van der Waals surface area contributed by atoms with Gasteiger partial charge in [-0.25, -0.2) is 4.98 Å². The van der Waals surface area contributed by atoms with Crippen molar-refractivity contribution in [3.05, 3.63) is 102 Å². The topological polar surface area (TPSA) is 63.8 Å². The van der Waals surface area contributed by atoms with Gasteiger partial charge < -0.3 is 18.5 Å². The van der Waals surface area contributed by atoms with Crippen LogP contribution in [0.3, 0.4) is 0 Å². The monoisotopic (exact) mass is 344 g/mol. The summed E-state index contributed by atoms with van der Waals surface area (Å²) in [5.41, 5.74) is 1.74. The molecule has 0 radical (unpaired) electrons. The summed E-state index contributed by atoms with van der Waals surface area (Å²) >= 11 is 0. The number of nitrogens with one attached hydrogen (secondary N) is 1. The zero-order chi connectivity index (χ0) is 17.8. The molecule has 0 saturated carbocycles. The van der Waals surface area contributed by atoms with Crippen LogP contribution in [0.1, 0.15) is 0 Å². The van der Waals surface area contributed by atoms with Crippen molar-refractivity contribution in [3.63, 3.8) is 0 Å². The largest absolute Gasteiger partial charge is 0.457 e. The summed E-state index contributed by atoms with van der Waals surface area (Å²) in [6.07, 6.45) is 11.0. The third-order valence-electron chi connectivity index (χ3n) is 3.77. The van der Waals surface area contributed by atoms with Crippen LogP contribution < -0.4 is 10.2 Å². The molecule has 4 heterocycles. The minimum Gasteiger partial charge on any atom is -0.457 e. The van der Waals surface area contributed by atoms with E-state index in [1.54, 1.807) is 24.7 Å². The maximum Gasteiger partial charge on any atom is 0.183 e. The summed E-state index contributed by atoms with van der Waals surface area (Å²) in [6, 6.07) is 16.6. The molecule has 0 spiro atoms. The molecular weight excluding hydrogens is 328 g/mol. The Labute approximate surface area is 149 Å². The molecule has 6 heteroatoms. The maximum absolute atomic E-state index is 10.7. The molecular formula is C20H16N4O2. The van der Waals surface area contributed by atoms with Crippen LogP contribution in [0.5, 0.6) is 11.5 Å². The zero-order valence-corrected chi connectivity index (χ0v) is 13.8. The van der Waals surface area contributed by atoms with E-state index in [-0.39, 0.29) is 5.43 Å². The van der Waals surface area contributed by atoms with E-state index in [2.05, 4.69) is 9.97 Å². The molecule has 6 nitrogen and oxygen atoms in total. The summed E-state index contributed by atoms with van der Waals surface area (Å²) in [5.74, 6) is 1.63. The highest BCUT2D eigenvalue weighted by Gasteiger charge is 1.99. The maximum atomic E-state index is 10.7. The molecule has 4 aromatic heterocycles. The smallest absolute Gasteiger partial charge is 0.183 e. The normalized spacial score (nSPS) is 10.5. The second-order valence-electron chi connectivity index (χ2n) is 5.59. The molecule has 0 atom stereocenters. The van der Waals surface area contributed by atoms with Gasteiger partial charge in [-0.15, -0.1) is 0 Å². The fraction of sp³-hybridized carbons (Fsp3) is 0. The Kier molecular flexibility index (Phi) is 4.22. The number of rotatable bonds is 2. The van der Waals surface area contributed by atoms with Gasteiger partial charge in [-0.2, -0.15) is 0 Å². The van der Waals surface area contributed by atoms with E-state index in [0.29, 0.717) is 0 Å². The van der Waals surface area contributed by atoms with Crippen LogP contribution in [0, 0.1) is 0 Å². The van der Waals surface area contributed by atoms with Crippen LogP contribution >= 0.6 is 0 Å². The van der Waals surface area contributed by atoms with Gasteiger partial charge in [-0.3, -0.25) is 4.79 Å². The molecule has 5 rings (SSSR count). The van der Waals surface area contributed by atoms with Crippen molar-refractivity contribution in [3.8, 4) is 11.5 Å². The molecule has 1 aromatic carbocycles. The van der Waals surface area contributed by atoms with E-state index in [0.717, 1.165) is 22.8 Å². The van der Waals surface area contributed by atoms with E-state index in [1.165, 1.54) is 6.07 Å². The van der Waals surface area contributed by atoms with Gasteiger partial charge in [0.1, 0.15) is 22.8 Å². The van der Waals surface area contributed by atoms with Crippen LogP contribution in [0.25, 0.3) is 11.3 Å². The highest BCUT2D eigenvalue weighted by molar-refractivity contribution is 5.45. The average molecular weight is 344 g/mol. The first kappa shape index (κ1) is 15.7. The molecule has 26 heavy (non-hydrogen) atoms. The Morgan fingerprint density at radius 3 is 2.58 bits per heavy atom. The first-order valence-electron chi connectivity index (χ1n) is 8.09. The minimum atomic E-state index is 0.0300. The number of benzene rings is 1. The third-order valence-corrected chi connectivity index (χ3v) is 3.77. The number of aromatic amines is 1. The number of H-pyrrole nitrogens is 1. The first-order valence-corrected chi connectivity index (χ1v) is 8.09. The first-order chi connectivity index (χ1) is 12.8. The second-order valence-corrected chi connectivity index (χ2v) is 5.59. The Bertz CT molecular complexity index is 1190. The lowest BCUT2D eigenvalue weighted by atomic mass is 10.3. The van der Waals surface area contributed by atoms with Gasteiger partial charge in [0.15, 0.2) is 5.43 Å². The standard InChI is InChI=1S/C13H10N2O.C7H6N2O/c1-2-4-11(5-3-1)16-12-6-8-15-9-7-14-13(15)10-12;10-6-1-3-9-4-2-8-7(9)5-6/h1-10H;1-5,8H. The fourth-order valence-corrected chi connectivity index (χ4v) is 2.52. The van der Waals surface area contributed by atoms with Crippen molar-refractivity contribution < 1.29 is 4.74 Å². The molecule has 1 N–H and O–H groups in total. The number of hydrogen-bond donors (Lipinski definition) is 1. The molecule has 0 unspecified atom stereocenters. The molecule has 5 aromatic rings. The SMILES string of the molecule is O=c1ccn2cc[nH]c2c1.c1ccc(Oc2ccn3ccnc3c2)cc1. The molecule has 0 fully saturated rings. The number of imidazole rings is 2. The van der Waals surface area contributed by atoms with Crippen molar-refractivity contribution in [2.45, 2.75) is 0 Å². The van der Waals surface area contributed by atoms with Gasteiger partial charge in [0.25, 0.3) is 0 Å². The fourth-order valence-electron chi connectivity index (χ4n) is 2.52. The van der Waals surface area contributed by atoms with E-state index in [1.807, 2.05) is 69.9 Å². The molecule has 0 aliphatic heterocycles. The van der Waals surface area contributed by atoms with Gasteiger partial charge in [-0.05, 0) is 18.2 Å². The predicted octanol–water partition coefficient (Wildman–Crippen LogP) is 3.75. The Morgan fingerprint density at radius 2 is 1.69 bits per heavy atom. The number of nitrogens with zero attached hydrogens (tertiary/aromatic N) is 3. The van der Waals surface area contributed by atoms with Gasteiger partial charge >= 0.3 is 0 Å². The lowest BCUT2D eigenvalue weighted by molar-refractivity contribution is 0.482. The lowest BCUT2D eigenvalue weighted by Gasteiger charge is -2.05. The predicted molar refractivity (Wildman–Crippen MR) is 99.7 cm³/mol. The number of fused-ring (bicyclic) bond motifs is 2. The summed E-state index contributed by atoms with van der Waals surface area (Å²) in [4.78, 5) is 17.9. The quantitative estimate of drug-likeness (QED) is 0.530. The lowest BCUT2D eigenvalue weighted by Crippen LogP contribution is -1.97.